The van der Waals surface area contributed by atoms with Gasteiger partial charge in [0.05, 0.1) is 5.69 Å². The predicted molar refractivity (Wildman–Crippen MR) is 91.0 cm³/mol. The summed E-state index contributed by atoms with van der Waals surface area (Å²) in [6.45, 7) is 0. The van der Waals surface area contributed by atoms with Crippen LogP contribution >= 0.6 is 11.6 Å². The molecule has 9 heteroatoms. The maximum atomic E-state index is 13.7. The van der Waals surface area contributed by atoms with Gasteiger partial charge in [-0.3, -0.25) is 4.79 Å². The molecule has 0 spiro atoms. The molecule has 1 aromatic heterocycles. The zero-order chi connectivity index (χ0) is 18.7. The molecule has 3 rings (SSSR count). The van der Waals surface area contributed by atoms with Gasteiger partial charge in [-0.15, -0.1) is 0 Å². The topological polar surface area (TPSA) is 66.9 Å². The van der Waals surface area contributed by atoms with E-state index in [1.165, 1.54) is 12.3 Å². The number of amides is 1. The Morgan fingerprint density at radius 1 is 0.962 bits per heavy atom. The maximum absolute atomic E-state index is 13.7. The van der Waals surface area contributed by atoms with Crippen molar-refractivity contribution in [2.75, 3.05) is 10.6 Å². The van der Waals surface area contributed by atoms with Crippen LogP contribution in [0.4, 0.5) is 30.5 Å². The summed E-state index contributed by atoms with van der Waals surface area (Å²) < 4.78 is 39.8. The summed E-state index contributed by atoms with van der Waals surface area (Å²) in [7, 11) is 0. The van der Waals surface area contributed by atoms with Crippen LogP contribution in [0.25, 0.3) is 0 Å². The number of aromatic nitrogens is 2. The second-order valence-corrected chi connectivity index (χ2v) is 5.51. The first kappa shape index (κ1) is 17.7. The highest BCUT2D eigenvalue weighted by Gasteiger charge is 2.17. The summed E-state index contributed by atoms with van der Waals surface area (Å²) in [6, 6.07) is 9.62. The number of anilines is 3. The molecule has 0 fully saturated rings. The lowest BCUT2D eigenvalue weighted by molar-refractivity contribution is 0.102. The summed E-state index contributed by atoms with van der Waals surface area (Å²) >= 11 is 5.80. The molecule has 132 valence electrons. The molecule has 0 bridgehead atoms. The number of rotatable bonds is 4. The molecule has 0 saturated heterocycles. The minimum absolute atomic E-state index is 0.0967. The number of hydrogen-bond donors (Lipinski definition) is 2. The van der Waals surface area contributed by atoms with E-state index in [1.807, 2.05) is 0 Å². The smallest absolute Gasteiger partial charge is 0.274 e. The molecule has 0 radical (unpaired) electrons. The second-order valence-electron chi connectivity index (χ2n) is 5.07. The first-order valence-corrected chi connectivity index (χ1v) is 7.62. The van der Waals surface area contributed by atoms with Crippen molar-refractivity contribution in [2.45, 2.75) is 0 Å². The van der Waals surface area contributed by atoms with Crippen molar-refractivity contribution in [3.8, 4) is 0 Å². The number of hydrogen-bond acceptors (Lipinski definition) is 4. The van der Waals surface area contributed by atoms with Crippen molar-refractivity contribution in [1.29, 1.82) is 0 Å². The van der Waals surface area contributed by atoms with Gasteiger partial charge in [0.15, 0.2) is 17.5 Å². The molecule has 0 atom stereocenters. The zero-order valence-corrected chi connectivity index (χ0v) is 13.7. The molecule has 5 nitrogen and oxygen atoms in total. The van der Waals surface area contributed by atoms with Gasteiger partial charge in [-0.05, 0) is 42.5 Å². The van der Waals surface area contributed by atoms with Crippen molar-refractivity contribution in [3.63, 3.8) is 0 Å². The van der Waals surface area contributed by atoms with E-state index in [2.05, 4.69) is 20.6 Å². The van der Waals surface area contributed by atoms with E-state index in [4.69, 9.17) is 11.6 Å². The standard InChI is InChI=1S/C17H10ClF3N4O/c18-9-1-3-10(4-2-9)23-17-22-8-7-13(25-17)16(26)24-12-6-5-11(19)14(20)15(12)21/h1-8H,(H,24,26)(H,22,23,25). The Morgan fingerprint density at radius 3 is 2.42 bits per heavy atom. The molecule has 0 saturated carbocycles. The van der Waals surface area contributed by atoms with E-state index < -0.39 is 29.0 Å². The summed E-state index contributed by atoms with van der Waals surface area (Å²) in [5.74, 6) is -5.21. The maximum Gasteiger partial charge on any atom is 0.274 e. The van der Waals surface area contributed by atoms with Crippen molar-refractivity contribution in [3.05, 3.63) is 76.8 Å². The van der Waals surface area contributed by atoms with Crippen LogP contribution in [0.5, 0.6) is 0 Å². The van der Waals surface area contributed by atoms with Crippen LogP contribution < -0.4 is 10.6 Å². The van der Waals surface area contributed by atoms with Crippen molar-refractivity contribution < 1.29 is 18.0 Å². The first-order chi connectivity index (χ1) is 12.4. The molecule has 0 aliphatic carbocycles. The molecule has 2 aromatic carbocycles. The molecular formula is C17H10ClF3N4O. The molecule has 26 heavy (non-hydrogen) atoms. The van der Waals surface area contributed by atoms with Crippen LogP contribution in [0.3, 0.4) is 0 Å². The Hall–Kier alpha value is -3.13. The molecule has 2 N–H and O–H groups in total. The Labute approximate surface area is 150 Å². The summed E-state index contributed by atoms with van der Waals surface area (Å²) in [5, 5.41) is 5.56. The van der Waals surface area contributed by atoms with E-state index in [0.717, 1.165) is 6.07 Å². The lowest BCUT2D eigenvalue weighted by atomic mass is 10.2. The Bertz CT molecular complexity index is 967. The van der Waals surface area contributed by atoms with E-state index in [0.29, 0.717) is 16.8 Å². The molecule has 3 aromatic rings. The van der Waals surface area contributed by atoms with Gasteiger partial charge in [-0.2, -0.15) is 0 Å². The third kappa shape index (κ3) is 3.92. The van der Waals surface area contributed by atoms with Gasteiger partial charge in [0.1, 0.15) is 5.69 Å². The molecule has 0 aliphatic rings. The van der Waals surface area contributed by atoms with Gasteiger partial charge in [0.2, 0.25) is 5.95 Å². The highest BCUT2D eigenvalue weighted by molar-refractivity contribution is 6.30. The van der Waals surface area contributed by atoms with E-state index in [9.17, 15) is 18.0 Å². The fourth-order valence-corrected chi connectivity index (χ4v) is 2.14. The molecule has 1 amide bonds. The van der Waals surface area contributed by atoms with Crippen LogP contribution in [-0.2, 0) is 0 Å². The van der Waals surface area contributed by atoms with Gasteiger partial charge in [0.25, 0.3) is 5.91 Å². The van der Waals surface area contributed by atoms with E-state index in [1.54, 1.807) is 24.3 Å². The second kappa shape index (κ2) is 7.40. The fraction of sp³-hybridized carbons (Fsp3) is 0. The normalized spacial score (nSPS) is 10.5. The third-order valence-electron chi connectivity index (χ3n) is 3.27. The van der Waals surface area contributed by atoms with Crippen molar-refractivity contribution >= 4 is 34.8 Å². The van der Waals surface area contributed by atoms with Gasteiger partial charge in [-0.1, -0.05) is 11.6 Å². The average molecular weight is 379 g/mol. The van der Waals surface area contributed by atoms with Crippen LogP contribution in [-0.4, -0.2) is 15.9 Å². The van der Waals surface area contributed by atoms with Crippen LogP contribution in [0, 0.1) is 17.5 Å². The highest BCUT2D eigenvalue weighted by Crippen LogP contribution is 2.20. The van der Waals surface area contributed by atoms with Crippen LogP contribution in [0.2, 0.25) is 5.02 Å². The zero-order valence-electron chi connectivity index (χ0n) is 12.9. The van der Waals surface area contributed by atoms with Crippen LogP contribution in [0.1, 0.15) is 10.5 Å². The lowest BCUT2D eigenvalue weighted by Crippen LogP contribution is -2.16. The SMILES string of the molecule is O=C(Nc1ccc(F)c(F)c1F)c1ccnc(Nc2ccc(Cl)cc2)n1. The Kier molecular flexibility index (Phi) is 5.04. The van der Waals surface area contributed by atoms with Crippen LogP contribution in [0.15, 0.2) is 48.7 Å². The minimum atomic E-state index is -1.67. The van der Waals surface area contributed by atoms with Crippen molar-refractivity contribution in [1.82, 2.24) is 9.97 Å². The summed E-state index contributed by atoms with van der Waals surface area (Å²) in [5.41, 5.74) is 0.0407. The largest absolute Gasteiger partial charge is 0.324 e. The summed E-state index contributed by atoms with van der Waals surface area (Å²) in [6.07, 6.45) is 1.32. The number of benzene rings is 2. The third-order valence-corrected chi connectivity index (χ3v) is 3.52. The molecule has 0 aliphatic heterocycles. The summed E-state index contributed by atoms with van der Waals surface area (Å²) in [4.78, 5) is 20.2. The molecule has 1 heterocycles. The van der Waals surface area contributed by atoms with E-state index >= 15 is 0 Å². The number of carbonyl (C=O) groups excluding carboxylic acids is 1. The number of carbonyl (C=O) groups is 1. The monoisotopic (exact) mass is 378 g/mol. The van der Waals surface area contributed by atoms with Gasteiger partial charge in [-0.25, -0.2) is 23.1 Å². The van der Waals surface area contributed by atoms with E-state index in [-0.39, 0.29) is 11.6 Å². The van der Waals surface area contributed by atoms with Gasteiger partial charge < -0.3 is 10.6 Å². The van der Waals surface area contributed by atoms with Gasteiger partial charge in [0, 0.05) is 16.9 Å². The van der Waals surface area contributed by atoms with Crippen molar-refractivity contribution in [2.24, 2.45) is 0 Å². The molecule has 0 unspecified atom stereocenters. The Balaban J connectivity index is 1.78. The highest BCUT2D eigenvalue weighted by atomic mass is 35.5. The number of nitrogens with zero attached hydrogens (tertiary/aromatic N) is 2. The number of halogens is 4. The quantitative estimate of drug-likeness (QED) is 0.654. The lowest BCUT2D eigenvalue weighted by Gasteiger charge is -2.08. The average Bonchev–Trinajstić information content (AvgIpc) is 2.64. The molecular weight excluding hydrogens is 369 g/mol. The van der Waals surface area contributed by atoms with Gasteiger partial charge >= 0.3 is 0 Å². The predicted octanol–water partition coefficient (Wildman–Crippen LogP) is 4.54. The number of nitrogens with one attached hydrogen (secondary N) is 2. The Morgan fingerprint density at radius 2 is 1.69 bits per heavy atom. The fourth-order valence-electron chi connectivity index (χ4n) is 2.02. The minimum Gasteiger partial charge on any atom is -0.324 e. The first-order valence-electron chi connectivity index (χ1n) is 7.24.